The summed E-state index contributed by atoms with van der Waals surface area (Å²) in [6.45, 7) is 6.09. The number of aliphatic hydroxyl groups excluding tert-OH is 1. The number of benzene rings is 1. The van der Waals surface area contributed by atoms with Crippen molar-refractivity contribution in [3.63, 3.8) is 0 Å². The normalized spacial score (nSPS) is 19.8. The fraction of sp³-hybridized carbons (Fsp3) is 0.533. The highest BCUT2D eigenvalue weighted by molar-refractivity contribution is 6.00. The summed E-state index contributed by atoms with van der Waals surface area (Å²) in [5.74, 6) is 0.618. The van der Waals surface area contributed by atoms with Crippen molar-refractivity contribution in [3.8, 4) is 5.75 Å². The molecular weight excluding hydrogens is 256 g/mol. The molecule has 0 aromatic heterocycles. The molecule has 2 rings (SSSR count). The van der Waals surface area contributed by atoms with E-state index in [9.17, 15) is 9.90 Å². The van der Waals surface area contributed by atoms with Gasteiger partial charge in [-0.2, -0.15) is 0 Å². The highest BCUT2D eigenvalue weighted by Crippen LogP contribution is 2.37. The van der Waals surface area contributed by atoms with Gasteiger partial charge in [-0.1, -0.05) is 6.07 Å². The van der Waals surface area contributed by atoms with Crippen molar-refractivity contribution < 1.29 is 14.6 Å². The van der Waals surface area contributed by atoms with Gasteiger partial charge in [0.25, 0.3) is 5.91 Å². The average molecular weight is 278 g/mol. The summed E-state index contributed by atoms with van der Waals surface area (Å²) in [4.78, 5) is 14.0. The van der Waals surface area contributed by atoms with Crippen LogP contribution in [0.25, 0.3) is 0 Å². The lowest BCUT2D eigenvalue weighted by atomic mass is 10.0. The highest BCUT2D eigenvalue weighted by Gasteiger charge is 2.33. The van der Waals surface area contributed by atoms with Crippen molar-refractivity contribution in [3.05, 3.63) is 23.8 Å². The number of fused-ring (bicyclic) bond motifs is 1. The molecule has 1 aromatic carbocycles. The third kappa shape index (κ3) is 2.64. The van der Waals surface area contributed by atoms with E-state index in [4.69, 9.17) is 10.5 Å². The second kappa shape index (κ2) is 5.81. The smallest absolute Gasteiger partial charge is 0.268 e. The zero-order valence-corrected chi connectivity index (χ0v) is 12.2. The van der Waals surface area contributed by atoms with Gasteiger partial charge in [0.15, 0.2) is 6.10 Å². The zero-order valence-electron chi connectivity index (χ0n) is 12.2. The van der Waals surface area contributed by atoms with Gasteiger partial charge in [-0.05, 0) is 51.4 Å². The standard InChI is InChI=1S/C15H22N2O3/c1-9(2)17-12-8-11(13(18)6-7-16)4-5-14(12)20-10(3)15(17)19/h4-5,8-10,13,18H,6-7,16H2,1-3H3. The Balaban J connectivity index is 2.42. The van der Waals surface area contributed by atoms with Crippen LogP contribution in [0.3, 0.4) is 0 Å². The fourth-order valence-corrected chi connectivity index (χ4v) is 2.44. The van der Waals surface area contributed by atoms with Crippen LogP contribution in [-0.4, -0.2) is 29.7 Å². The van der Waals surface area contributed by atoms with E-state index in [1.165, 1.54) is 0 Å². The van der Waals surface area contributed by atoms with Crippen LogP contribution < -0.4 is 15.4 Å². The van der Waals surface area contributed by atoms with Gasteiger partial charge in [-0.25, -0.2) is 0 Å². The minimum atomic E-state index is -0.617. The summed E-state index contributed by atoms with van der Waals surface area (Å²) in [6.07, 6.45) is -0.607. The Morgan fingerprint density at radius 3 is 2.75 bits per heavy atom. The molecule has 0 saturated heterocycles. The van der Waals surface area contributed by atoms with Crippen LogP contribution >= 0.6 is 0 Å². The van der Waals surface area contributed by atoms with Crippen molar-refractivity contribution >= 4 is 11.6 Å². The maximum Gasteiger partial charge on any atom is 0.268 e. The lowest BCUT2D eigenvalue weighted by molar-refractivity contribution is -0.125. The first kappa shape index (κ1) is 14.8. The highest BCUT2D eigenvalue weighted by atomic mass is 16.5. The molecule has 0 saturated carbocycles. The number of hydrogen-bond acceptors (Lipinski definition) is 4. The molecule has 0 spiro atoms. The second-order valence-corrected chi connectivity index (χ2v) is 5.38. The van der Waals surface area contributed by atoms with Crippen LogP contribution in [-0.2, 0) is 4.79 Å². The first-order valence-corrected chi connectivity index (χ1v) is 6.97. The molecule has 2 unspecified atom stereocenters. The van der Waals surface area contributed by atoms with E-state index in [0.717, 1.165) is 11.3 Å². The summed E-state index contributed by atoms with van der Waals surface area (Å²) >= 11 is 0. The molecule has 0 radical (unpaired) electrons. The molecule has 0 fully saturated rings. The second-order valence-electron chi connectivity index (χ2n) is 5.38. The predicted octanol–water partition coefficient (Wildman–Crippen LogP) is 1.59. The molecule has 110 valence electrons. The predicted molar refractivity (Wildman–Crippen MR) is 77.8 cm³/mol. The molecule has 0 aliphatic carbocycles. The van der Waals surface area contributed by atoms with E-state index >= 15 is 0 Å². The van der Waals surface area contributed by atoms with Crippen LogP contribution in [0.15, 0.2) is 18.2 Å². The van der Waals surface area contributed by atoms with Crippen LogP contribution in [0, 0.1) is 0 Å². The van der Waals surface area contributed by atoms with Gasteiger partial charge in [-0.3, -0.25) is 4.79 Å². The molecule has 5 nitrogen and oxygen atoms in total. The minimum absolute atomic E-state index is 0.0366. The number of aliphatic hydroxyl groups is 1. The van der Waals surface area contributed by atoms with Gasteiger partial charge in [0.2, 0.25) is 0 Å². The van der Waals surface area contributed by atoms with Crippen LogP contribution in [0.1, 0.15) is 38.9 Å². The Morgan fingerprint density at radius 1 is 1.45 bits per heavy atom. The molecule has 1 aliphatic heterocycles. The minimum Gasteiger partial charge on any atom is -0.479 e. The van der Waals surface area contributed by atoms with Gasteiger partial charge < -0.3 is 20.5 Å². The quantitative estimate of drug-likeness (QED) is 0.877. The molecule has 1 heterocycles. The molecule has 2 atom stereocenters. The summed E-state index contributed by atoms with van der Waals surface area (Å²) in [5, 5.41) is 10.0. The number of nitrogens with two attached hydrogens (primary N) is 1. The first-order chi connectivity index (χ1) is 9.45. The molecular formula is C15H22N2O3. The van der Waals surface area contributed by atoms with E-state index in [0.29, 0.717) is 18.7 Å². The monoisotopic (exact) mass is 278 g/mol. The molecule has 1 amide bonds. The SMILES string of the molecule is CC1Oc2ccc(C(O)CCN)cc2N(C(C)C)C1=O. The number of carbonyl (C=O) groups is 1. The van der Waals surface area contributed by atoms with Crippen molar-refractivity contribution in [2.75, 3.05) is 11.4 Å². The Kier molecular flexibility index (Phi) is 4.30. The average Bonchev–Trinajstić information content (AvgIpc) is 2.39. The Bertz CT molecular complexity index is 502. The van der Waals surface area contributed by atoms with E-state index in [1.54, 1.807) is 11.8 Å². The van der Waals surface area contributed by atoms with Gasteiger partial charge in [0.1, 0.15) is 5.75 Å². The Labute approximate surface area is 119 Å². The molecule has 5 heteroatoms. The van der Waals surface area contributed by atoms with E-state index in [1.807, 2.05) is 32.0 Å². The summed E-state index contributed by atoms with van der Waals surface area (Å²) < 4.78 is 5.62. The van der Waals surface area contributed by atoms with E-state index in [-0.39, 0.29) is 11.9 Å². The van der Waals surface area contributed by atoms with E-state index in [2.05, 4.69) is 0 Å². The van der Waals surface area contributed by atoms with Gasteiger partial charge >= 0.3 is 0 Å². The van der Waals surface area contributed by atoms with Gasteiger partial charge in [0, 0.05) is 6.04 Å². The third-order valence-electron chi connectivity index (χ3n) is 3.47. The topological polar surface area (TPSA) is 75.8 Å². The van der Waals surface area contributed by atoms with Crippen LogP contribution in [0.5, 0.6) is 5.75 Å². The third-order valence-corrected chi connectivity index (χ3v) is 3.47. The summed E-state index contributed by atoms with van der Waals surface area (Å²) in [5.41, 5.74) is 6.95. The van der Waals surface area contributed by atoms with Crippen molar-refractivity contribution in [1.82, 2.24) is 0 Å². The number of amides is 1. The molecule has 1 aliphatic rings. The Hall–Kier alpha value is -1.59. The molecule has 20 heavy (non-hydrogen) atoms. The lowest BCUT2D eigenvalue weighted by Crippen LogP contribution is -2.47. The van der Waals surface area contributed by atoms with Crippen molar-refractivity contribution in [1.29, 1.82) is 0 Å². The molecule has 3 N–H and O–H groups in total. The number of anilines is 1. The largest absolute Gasteiger partial charge is 0.479 e. The maximum atomic E-state index is 12.3. The van der Waals surface area contributed by atoms with Crippen molar-refractivity contribution in [2.45, 2.75) is 45.4 Å². The number of nitrogens with zero attached hydrogens (tertiary/aromatic N) is 1. The number of ether oxygens (including phenoxy) is 1. The summed E-state index contributed by atoms with van der Waals surface area (Å²) in [7, 11) is 0. The van der Waals surface area contributed by atoms with Crippen LogP contribution in [0.4, 0.5) is 5.69 Å². The summed E-state index contributed by atoms with van der Waals surface area (Å²) in [6, 6.07) is 5.48. The maximum absolute atomic E-state index is 12.3. The molecule has 1 aromatic rings. The Morgan fingerprint density at radius 2 is 2.15 bits per heavy atom. The van der Waals surface area contributed by atoms with Crippen molar-refractivity contribution in [2.24, 2.45) is 5.73 Å². The van der Waals surface area contributed by atoms with Gasteiger partial charge in [0.05, 0.1) is 11.8 Å². The number of rotatable bonds is 4. The fourth-order valence-electron chi connectivity index (χ4n) is 2.44. The molecule has 0 bridgehead atoms. The van der Waals surface area contributed by atoms with Crippen LogP contribution in [0.2, 0.25) is 0 Å². The number of carbonyl (C=O) groups excluding carboxylic acids is 1. The van der Waals surface area contributed by atoms with E-state index < -0.39 is 12.2 Å². The lowest BCUT2D eigenvalue weighted by Gasteiger charge is -2.36. The first-order valence-electron chi connectivity index (χ1n) is 6.97. The van der Waals surface area contributed by atoms with Gasteiger partial charge in [-0.15, -0.1) is 0 Å². The zero-order chi connectivity index (χ0) is 14.9. The number of hydrogen-bond donors (Lipinski definition) is 2.